The molecule has 0 aliphatic carbocycles. The van der Waals surface area contributed by atoms with E-state index in [1.165, 1.54) is 0 Å². The Morgan fingerprint density at radius 2 is 1.90 bits per heavy atom. The molecule has 30 heavy (non-hydrogen) atoms. The van der Waals surface area contributed by atoms with Crippen LogP contribution in [0.3, 0.4) is 0 Å². The van der Waals surface area contributed by atoms with Gasteiger partial charge < -0.3 is 4.57 Å². The van der Waals surface area contributed by atoms with Crippen molar-refractivity contribution in [3.63, 3.8) is 0 Å². The zero-order valence-corrected chi connectivity index (χ0v) is 18.0. The minimum atomic E-state index is -3.41. The van der Waals surface area contributed by atoms with E-state index in [4.69, 9.17) is 5.26 Å². The molecule has 0 fully saturated rings. The Hall–Kier alpha value is -3.11. The van der Waals surface area contributed by atoms with E-state index in [9.17, 15) is 13.2 Å². The number of sulfonamides is 1. The average Bonchev–Trinajstić information content (AvgIpc) is 3.06. The van der Waals surface area contributed by atoms with E-state index in [1.54, 1.807) is 30.5 Å². The number of anilines is 1. The van der Waals surface area contributed by atoms with E-state index in [-0.39, 0.29) is 11.5 Å². The number of carbonyl (C=O) groups excluding carboxylic acids is 1. The number of nitrogens with zero attached hydrogens (tertiary/aromatic N) is 2. The molecule has 6 nitrogen and oxygen atoms in total. The molecule has 0 radical (unpaired) electrons. The van der Waals surface area contributed by atoms with Crippen LogP contribution >= 0.6 is 0 Å². The topological polar surface area (TPSA) is 92.0 Å². The minimum absolute atomic E-state index is 0.00375. The number of nitrogens with one attached hydrogen (secondary N) is 1. The molecule has 1 heterocycles. The second-order valence-electron chi connectivity index (χ2n) is 7.39. The molecule has 0 bridgehead atoms. The van der Waals surface area contributed by atoms with Crippen molar-refractivity contribution in [3.05, 3.63) is 65.4 Å². The van der Waals surface area contributed by atoms with Gasteiger partial charge in [0.15, 0.2) is 5.78 Å². The highest BCUT2D eigenvalue weighted by Gasteiger charge is 2.16. The van der Waals surface area contributed by atoms with Crippen molar-refractivity contribution in [2.24, 2.45) is 7.05 Å². The van der Waals surface area contributed by atoms with Crippen molar-refractivity contribution in [2.75, 3.05) is 10.5 Å². The molecule has 1 N–H and O–H groups in total. The first kappa shape index (κ1) is 21.6. The molecule has 2 aromatic carbocycles. The van der Waals surface area contributed by atoms with Gasteiger partial charge in [0, 0.05) is 41.8 Å². The third-order valence-electron chi connectivity index (χ3n) is 5.05. The van der Waals surface area contributed by atoms with Gasteiger partial charge in [-0.05, 0) is 48.7 Å². The Morgan fingerprint density at radius 1 is 1.17 bits per heavy atom. The number of aryl methyl sites for hydroxylation is 2. The molecule has 7 heteroatoms. The summed E-state index contributed by atoms with van der Waals surface area (Å²) in [7, 11) is -1.54. The fourth-order valence-corrected chi connectivity index (χ4v) is 4.64. The fraction of sp³-hybridized carbons (Fsp3) is 0.304. The van der Waals surface area contributed by atoms with Gasteiger partial charge in [0.1, 0.15) is 0 Å². The zero-order chi connectivity index (χ0) is 21.7. The van der Waals surface area contributed by atoms with Gasteiger partial charge in [0.2, 0.25) is 10.0 Å². The summed E-state index contributed by atoms with van der Waals surface area (Å²) in [6.45, 7) is 1.95. The van der Waals surface area contributed by atoms with Gasteiger partial charge in [0.05, 0.1) is 17.4 Å². The highest BCUT2D eigenvalue weighted by molar-refractivity contribution is 7.92. The van der Waals surface area contributed by atoms with Gasteiger partial charge in [-0.25, -0.2) is 8.42 Å². The maximum atomic E-state index is 12.9. The van der Waals surface area contributed by atoms with Gasteiger partial charge in [0.25, 0.3) is 0 Å². The van der Waals surface area contributed by atoms with Gasteiger partial charge in [-0.1, -0.05) is 25.5 Å². The molecule has 0 saturated carbocycles. The van der Waals surface area contributed by atoms with Crippen molar-refractivity contribution in [2.45, 2.75) is 32.6 Å². The molecular weight excluding hydrogens is 398 g/mol. The lowest BCUT2D eigenvalue weighted by Crippen LogP contribution is -2.16. The van der Waals surface area contributed by atoms with E-state index in [0.29, 0.717) is 36.1 Å². The second kappa shape index (κ2) is 9.14. The number of Topliss-reactive ketones (excluding diaryl/α,β-unsaturated/α-hetero) is 1. The van der Waals surface area contributed by atoms with Crippen LogP contribution in [0.4, 0.5) is 5.69 Å². The smallest absolute Gasteiger partial charge is 0.232 e. The van der Waals surface area contributed by atoms with Crippen LogP contribution in [0.15, 0.2) is 48.7 Å². The first-order valence-electron chi connectivity index (χ1n) is 9.95. The largest absolute Gasteiger partial charge is 0.350 e. The molecular formula is C23H25N3O3S. The highest BCUT2D eigenvalue weighted by Crippen LogP contribution is 2.26. The number of hydrogen-bond donors (Lipinski definition) is 1. The molecule has 0 atom stereocenters. The lowest BCUT2D eigenvalue weighted by atomic mass is 10.0. The third kappa shape index (κ3) is 5.08. The van der Waals surface area contributed by atoms with Crippen molar-refractivity contribution < 1.29 is 13.2 Å². The molecule has 0 saturated heterocycles. The maximum Gasteiger partial charge on any atom is 0.232 e. The molecule has 0 aliphatic rings. The summed E-state index contributed by atoms with van der Waals surface area (Å²) in [5, 5.41) is 9.62. The van der Waals surface area contributed by atoms with E-state index in [0.717, 1.165) is 22.9 Å². The number of unbranched alkanes of at least 4 members (excludes halogenated alkanes) is 1. The van der Waals surface area contributed by atoms with Crippen molar-refractivity contribution in [1.82, 2.24) is 4.57 Å². The number of ketones is 1. The van der Waals surface area contributed by atoms with Crippen LogP contribution in [-0.2, 0) is 23.5 Å². The van der Waals surface area contributed by atoms with Gasteiger partial charge >= 0.3 is 0 Å². The molecule has 0 unspecified atom stereocenters. The van der Waals surface area contributed by atoms with Crippen LogP contribution in [0.25, 0.3) is 10.9 Å². The predicted octanol–water partition coefficient (Wildman–Crippen LogP) is 4.41. The summed E-state index contributed by atoms with van der Waals surface area (Å²) < 4.78 is 28.9. The quantitative estimate of drug-likeness (QED) is 0.516. The Bertz CT molecular complexity index is 1200. The van der Waals surface area contributed by atoms with Crippen LogP contribution in [-0.4, -0.2) is 24.5 Å². The monoisotopic (exact) mass is 423 g/mol. The molecule has 3 aromatic rings. The third-order valence-corrected chi connectivity index (χ3v) is 6.43. The van der Waals surface area contributed by atoms with E-state index >= 15 is 0 Å². The van der Waals surface area contributed by atoms with E-state index in [2.05, 4.69) is 10.8 Å². The Labute approximate surface area is 177 Å². The second-order valence-corrected chi connectivity index (χ2v) is 9.23. The Morgan fingerprint density at radius 3 is 2.57 bits per heavy atom. The van der Waals surface area contributed by atoms with Crippen LogP contribution < -0.4 is 4.72 Å². The average molecular weight is 424 g/mol. The number of rotatable bonds is 9. The van der Waals surface area contributed by atoms with Crippen molar-refractivity contribution in [3.8, 4) is 6.07 Å². The summed E-state index contributed by atoms with van der Waals surface area (Å²) in [6.07, 6.45) is 4.10. The molecule has 0 amide bonds. The summed E-state index contributed by atoms with van der Waals surface area (Å²) in [4.78, 5) is 12.9. The summed E-state index contributed by atoms with van der Waals surface area (Å²) >= 11 is 0. The van der Waals surface area contributed by atoms with Gasteiger partial charge in [-0.2, -0.15) is 5.26 Å². The summed E-state index contributed by atoms with van der Waals surface area (Å²) in [5.74, 6) is 0.0723. The first-order chi connectivity index (χ1) is 14.3. The zero-order valence-electron chi connectivity index (χ0n) is 17.2. The van der Waals surface area contributed by atoms with Crippen LogP contribution in [0.1, 0.15) is 47.7 Å². The van der Waals surface area contributed by atoms with Crippen molar-refractivity contribution in [1.29, 1.82) is 5.26 Å². The van der Waals surface area contributed by atoms with E-state index < -0.39 is 10.0 Å². The van der Waals surface area contributed by atoms with Crippen LogP contribution in [0, 0.1) is 11.3 Å². The van der Waals surface area contributed by atoms with Crippen LogP contribution in [0.2, 0.25) is 0 Å². The molecule has 0 aliphatic heterocycles. The Balaban J connectivity index is 1.80. The number of fused-ring (bicyclic) bond motifs is 1. The maximum absolute atomic E-state index is 12.9. The van der Waals surface area contributed by atoms with Crippen LogP contribution in [0.5, 0.6) is 0 Å². The number of benzene rings is 2. The standard InChI is InChI=1S/C23H25N3O3S/c1-3-4-13-30(28,29)25-19-10-11-22-20(14-19)21(16-26(22)2)23(27)12-9-17-5-7-18(15-24)8-6-17/h5-8,10-11,14,16,25H,3-4,9,12-13H2,1-2H3. The summed E-state index contributed by atoms with van der Waals surface area (Å²) in [6, 6.07) is 14.6. The van der Waals surface area contributed by atoms with Gasteiger partial charge in [-0.3, -0.25) is 9.52 Å². The SMILES string of the molecule is CCCCS(=O)(=O)Nc1ccc2c(c1)c(C(=O)CCc1ccc(C#N)cc1)cn2C. The lowest BCUT2D eigenvalue weighted by Gasteiger charge is -2.08. The fourth-order valence-electron chi connectivity index (χ4n) is 3.38. The summed E-state index contributed by atoms with van der Waals surface area (Å²) in [5.41, 5.74) is 3.50. The lowest BCUT2D eigenvalue weighted by molar-refractivity contribution is 0.0984. The number of carbonyl (C=O) groups is 1. The molecule has 156 valence electrons. The van der Waals surface area contributed by atoms with Crippen molar-refractivity contribution >= 4 is 32.4 Å². The van der Waals surface area contributed by atoms with E-state index in [1.807, 2.05) is 36.7 Å². The minimum Gasteiger partial charge on any atom is -0.350 e. The molecule has 1 aromatic heterocycles. The number of aromatic nitrogens is 1. The van der Waals surface area contributed by atoms with Gasteiger partial charge in [-0.15, -0.1) is 0 Å². The molecule has 0 spiro atoms. The number of hydrogen-bond acceptors (Lipinski definition) is 4. The normalized spacial score (nSPS) is 11.4. The number of nitriles is 1. The predicted molar refractivity (Wildman–Crippen MR) is 119 cm³/mol. The Kier molecular flexibility index (Phi) is 6.58. The first-order valence-corrected chi connectivity index (χ1v) is 11.6. The molecule has 3 rings (SSSR count). The highest BCUT2D eigenvalue weighted by atomic mass is 32.2.